The molecule has 0 aliphatic heterocycles. The van der Waals surface area contributed by atoms with Crippen molar-refractivity contribution < 1.29 is 14.3 Å². The van der Waals surface area contributed by atoms with Gasteiger partial charge >= 0.3 is 0 Å². The Hall–Kier alpha value is -2.23. The zero-order valence-corrected chi connectivity index (χ0v) is 11.2. The molecule has 1 amide bonds. The standard InChI is InChI=1S/C14H11FN2O2S/c15-13-8-16-4-3-12(13)14(19)17-7-11-6-10(9-20-11)2-1-5-18/h3-4,6,8-9,18H,5,7H2,(H,17,19). The van der Waals surface area contributed by atoms with Crippen LogP contribution in [-0.4, -0.2) is 22.6 Å². The maximum Gasteiger partial charge on any atom is 0.254 e. The second-order valence-electron chi connectivity index (χ2n) is 3.80. The molecule has 4 nitrogen and oxygen atoms in total. The normalized spacial score (nSPS) is 9.70. The monoisotopic (exact) mass is 290 g/mol. The van der Waals surface area contributed by atoms with E-state index < -0.39 is 11.7 Å². The van der Waals surface area contributed by atoms with Crippen molar-refractivity contribution in [2.24, 2.45) is 0 Å². The Morgan fingerprint density at radius 1 is 1.55 bits per heavy atom. The number of aliphatic hydroxyl groups excluding tert-OH is 1. The highest BCUT2D eigenvalue weighted by atomic mass is 32.1. The summed E-state index contributed by atoms with van der Waals surface area (Å²) >= 11 is 1.44. The average Bonchev–Trinajstić information content (AvgIpc) is 2.91. The second kappa shape index (κ2) is 6.80. The van der Waals surface area contributed by atoms with E-state index in [4.69, 9.17) is 5.11 Å². The number of halogens is 1. The molecule has 0 unspecified atom stereocenters. The number of pyridine rings is 1. The zero-order chi connectivity index (χ0) is 14.4. The van der Waals surface area contributed by atoms with Gasteiger partial charge in [-0.15, -0.1) is 11.3 Å². The van der Waals surface area contributed by atoms with Crippen molar-refractivity contribution in [3.05, 3.63) is 51.7 Å². The van der Waals surface area contributed by atoms with Gasteiger partial charge in [-0.05, 0) is 12.1 Å². The molecule has 102 valence electrons. The van der Waals surface area contributed by atoms with Crippen LogP contribution < -0.4 is 5.32 Å². The van der Waals surface area contributed by atoms with Gasteiger partial charge in [-0.3, -0.25) is 9.78 Å². The van der Waals surface area contributed by atoms with E-state index in [1.807, 2.05) is 11.4 Å². The number of carbonyl (C=O) groups excluding carboxylic acids is 1. The number of aliphatic hydroxyl groups is 1. The summed E-state index contributed by atoms with van der Waals surface area (Å²) in [5.41, 5.74) is 0.750. The summed E-state index contributed by atoms with van der Waals surface area (Å²) in [5, 5.41) is 13.1. The molecule has 0 aromatic carbocycles. The van der Waals surface area contributed by atoms with Crippen LogP contribution in [0.3, 0.4) is 0 Å². The fraction of sp³-hybridized carbons (Fsp3) is 0.143. The SMILES string of the molecule is O=C(NCc1cc(C#CCO)cs1)c1ccncc1F. The lowest BCUT2D eigenvalue weighted by Gasteiger charge is -2.03. The van der Waals surface area contributed by atoms with Crippen LogP contribution in [0.2, 0.25) is 0 Å². The van der Waals surface area contributed by atoms with E-state index in [9.17, 15) is 9.18 Å². The number of nitrogens with zero attached hydrogens (tertiary/aromatic N) is 1. The van der Waals surface area contributed by atoms with E-state index in [1.54, 1.807) is 0 Å². The fourth-order valence-corrected chi connectivity index (χ4v) is 2.26. The Bertz CT molecular complexity index is 673. The van der Waals surface area contributed by atoms with E-state index in [0.29, 0.717) is 6.54 Å². The Morgan fingerprint density at radius 3 is 3.15 bits per heavy atom. The molecule has 20 heavy (non-hydrogen) atoms. The number of hydrogen-bond acceptors (Lipinski definition) is 4. The minimum absolute atomic E-state index is 0.0307. The van der Waals surface area contributed by atoms with Crippen LogP contribution in [0, 0.1) is 17.7 Å². The van der Waals surface area contributed by atoms with Crippen LogP contribution in [0.5, 0.6) is 0 Å². The van der Waals surface area contributed by atoms with Gasteiger partial charge in [0, 0.05) is 22.0 Å². The summed E-state index contributed by atoms with van der Waals surface area (Å²) in [5.74, 6) is 4.18. The Balaban J connectivity index is 1.97. The maximum absolute atomic E-state index is 13.3. The molecule has 0 fully saturated rings. The van der Waals surface area contributed by atoms with Gasteiger partial charge in [-0.25, -0.2) is 4.39 Å². The average molecular weight is 290 g/mol. The molecule has 0 saturated carbocycles. The molecule has 0 bridgehead atoms. The van der Waals surface area contributed by atoms with E-state index >= 15 is 0 Å². The molecular formula is C14H11FN2O2S. The molecule has 2 N–H and O–H groups in total. The largest absolute Gasteiger partial charge is 0.384 e. The number of amides is 1. The Labute approximate surface area is 119 Å². The number of thiophene rings is 1. The summed E-state index contributed by atoms with van der Waals surface area (Å²) < 4.78 is 13.3. The minimum atomic E-state index is -0.648. The van der Waals surface area contributed by atoms with Crippen LogP contribution in [0.15, 0.2) is 29.9 Å². The Morgan fingerprint density at radius 2 is 2.40 bits per heavy atom. The van der Waals surface area contributed by atoms with Crippen LogP contribution in [0.4, 0.5) is 4.39 Å². The fourth-order valence-electron chi connectivity index (χ4n) is 1.50. The predicted octanol–water partition coefficient (Wildman–Crippen LogP) is 1.56. The van der Waals surface area contributed by atoms with Gasteiger partial charge in [0.1, 0.15) is 6.61 Å². The smallest absolute Gasteiger partial charge is 0.254 e. The van der Waals surface area contributed by atoms with Crippen molar-refractivity contribution in [1.82, 2.24) is 10.3 Å². The number of nitrogens with one attached hydrogen (secondary N) is 1. The van der Waals surface area contributed by atoms with Crippen molar-refractivity contribution in [1.29, 1.82) is 0 Å². The van der Waals surface area contributed by atoms with E-state index in [1.165, 1.54) is 23.6 Å². The first-order valence-electron chi connectivity index (χ1n) is 5.75. The molecule has 2 rings (SSSR count). The molecule has 0 spiro atoms. The molecule has 0 saturated heterocycles. The van der Waals surface area contributed by atoms with Crippen LogP contribution in [0.1, 0.15) is 20.8 Å². The summed E-state index contributed by atoms with van der Waals surface area (Å²) in [7, 11) is 0. The molecule has 0 radical (unpaired) electrons. The van der Waals surface area contributed by atoms with Gasteiger partial charge in [0.25, 0.3) is 5.91 Å². The molecule has 0 aliphatic carbocycles. The minimum Gasteiger partial charge on any atom is -0.384 e. The predicted molar refractivity (Wildman–Crippen MR) is 73.6 cm³/mol. The first kappa shape index (κ1) is 14.2. The first-order chi connectivity index (χ1) is 9.70. The van der Waals surface area contributed by atoms with Crippen molar-refractivity contribution >= 4 is 17.2 Å². The van der Waals surface area contributed by atoms with Gasteiger partial charge in [0.2, 0.25) is 0 Å². The van der Waals surface area contributed by atoms with Crippen molar-refractivity contribution in [3.63, 3.8) is 0 Å². The van der Waals surface area contributed by atoms with E-state index in [-0.39, 0.29) is 12.2 Å². The van der Waals surface area contributed by atoms with Gasteiger partial charge in [0.15, 0.2) is 5.82 Å². The third-order valence-electron chi connectivity index (χ3n) is 2.41. The summed E-state index contributed by atoms with van der Waals surface area (Å²) in [6.07, 6.45) is 2.37. The van der Waals surface area contributed by atoms with Crippen LogP contribution in [0.25, 0.3) is 0 Å². The van der Waals surface area contributed by atoms with Crippen LogP contribution >= 0.6 is 11.3 Å². The zero-order valence-electron chi connectivity index (χ0n) is 10.4. The summed E-state index contributed by atoms with van der Waals surface area (Å²) in [6.45, 7) is 0.106. The summed E-state index contributed by atoms with van der Waals surface area (Å²) in [4.78, 5) is 16.3. The third kappa shape index (κ3) is 3.63. The lowest BCUT2D eigenvalue weighted by atomic mass is 10.2. The van der Waals surface area contributed by atoms with E-state index in [2.05, 4.69) is 22.1 Å². The molecular weight excluding hydrogens is 279 g/mol. The van der Waals surface area contributed by atoms with E-state index in [0.717, 1.165) is 16.6 Å². The number of rotatable bonds is 3. The van der Waals surface area contributed by atoms with Crippen molar-refractivity contribution in [3.8, 4) is 11.8 Å². The quantitative estimate of drug-likeness (QED) is 0.843. The molecule has 6 heteroatoms. The lowest BCUT2D eigenvalue weighted by molar-refractivity contribution is 0.0947. The maximum atomic E-state index is 13.3. The molecule has 0 atom stereocenters. The first-order valence-corrected chi connectivity index (χ1v) is 6.63. The van der Waals surface area contributed by atoms with Gasteiger partial charge in [-0.2, -0.15) is 0 Å². The van der Waals surface area contributed by atoms with Gasteiger partial charge < -0.3 is 10.4 Å². The second-order valence-corrected chi connectivity index (χ2v) is 4.80. The summed E-state index contributed by atoms with van der Waals surface area (Å²) in [6, 6.07) is 3.15. The number of hydrogen-bond donors (Lipinski definition) is 2. The molecule has 2 aromatic rings. The van der Waals surface area contributed by atoms with Crippen LogP contribution in [-0.2, 0) is 6.54 Å². The number of aromatic nitrogens is 1. The lowest BCUT2D eigenvalue weighted by Crippen LogP contribution is -2.23. The third-order valence-corrected chi connectivity index (χ3v) is 3.34. The van der Waals surface area contributed by atoms with Crippen molar-refractivity contribution in [2.45, 2.75) is 6.54 Å². The highest BCUT2D eigenvalue weighted by molar-refractivity contribution is 7.10. The molecule has 2 heterocycles. The number of carbonyl (C=O) groups is 1. The molecule has 2 aromatic heterocycles. The topological polar surface area (TPSA) is 62.2 Å². The highest BCUT2D eigenvalue weighted by Crippen LogP contribution is 2.14. The van der Waals surface area contributed by atoms with Crippen molar-refractivity contribution in [2.75, 3.05) is 6.61 Å². The highest BCUT2D eigenvalue weighted by Gasteiger charge is 2.11. The Kier molecular flexibility index (Phi) is 4.82. The van der Waals surface area contributed by atoms with Gasteiger partial charge in [-0.1, -0.05) is 11.8 Å². The molecule has 0 aliphatic rings. The van der Waals surface area contributed by atoms with Gasteiger partial charge in [0.05, 0.1) is 18.3 Å².